The molecule has 0 unspecified atom stereocenters. The molecule has 0 saturated heterocycles. The van der Waals surface area contributed by atoms with Gasteiger partial charge in [0.2, 0.25) is 0 Å². The monoisotopic (exact) mass is 242 g/mol. The van der Waals surface area contributed by atoms with E-state index in [1.54, 1.807) is 0 Å². The van der Waals surface area contributed by atoms with E-state index in [2.05, 4.69) is 38.8 Å². The molecule has 0 aromatic rings. The average molecular weight is 244 g/mol. The van der Waals surface area contributed by atoms with Crippen LogP contribution >= 0.6 is 31.9 Å². The van der Waals surface area contributed by atoms with Crippen LogP contribution in [0.15, 0.2) is 0 Å². The predicted octanol–water partition coefficient (Wildman–Crippen LogP) is 3.19. The first-order chi connectivity index (χ1) is 3.81. The van der Waals surface area contributed by atoms with E-state index in [1.807, 2.05) is 0 Å². The van der Waals surface area contributed by atoms with Gasteiger partial charge in [-0.25, -0.2) is 0 Å². The first-order valence-electron chi connectivity index (χ1n) is 2.93. The summed E-state index contributed by atoms with van der Waals surface area (Å²) in [6.07, 6.45) is 2.63. The zero-order valence-corrected chi connectivity index (χ0v) is 8.33. The molecule has 0 fully saturated rings. The van der Waals surface area contributed by atoms with E-state index in [9.17, 15) is 0 Å². The fraction of sp³-hybridized carbons (Fsp3) is 1.00. The second-order valence-corrected chi connectivity index (χ2v) is 3.53. The summed E-state index contributed by atoms with van der Waals surface area (Å²) in [7, 11) is 0. The maximum absolute atomic E-state index is 3.43. The number of halogens is 2. The molecule has 0 aliphatic carbocycles. The second kappa shape index (κ2) is 6.09. The summed E-state index contributed by atoms with van der Waals surface area (Å²) in [5.41, 5.74) is 0. The van der Waals surface area contributed by atoms with E-state index < -0.39 is 0 Å². The van der Waals surface area contributed by atoms with Gasteiger partial charge in [-0.3, -0.25) is 0 Å². The largest absolute Gasteiger partial charge is 0.0928 e. The van der Waals surface area contributed by atoms with Crippen molar-refractivity contribution in [2.75, 3.05) is 10.7 Å². The zero-order valence-electron chi connectivity index (χ0n) is 5.16. The van der Waals surface area contributed by atoms with Gasteiger partial charge >= 0.3 is 0 Å². The van der Waals surface area contributed by atoms with Crippen LogP contribution < -0.4 is 0 Å². The summed E-state index contributed by atoms with van der Waals surface area (Å²) in [6, 6.07) is 0. The molecule has 0 saturated carbocycles. The highest BCUT2D eigenvalue weighted by atomic mass is 79.9. The predicted molar refractivity (Wildman–Crippen MR) is 46.0 cm³/mol. The highest BCUT2D eigenvalue weighted by Crippen LogP contribution is 2.08. The van der Waals surface area contributed by atoms with E-state index >= 15 is 0 Å². The molecule has 0 aliphatic heterocycles. The topological polar surface area (TPSA) is 0 Å². The van der Waals surface area contributed by atoms with Crippen LogP contribution in [0.3, 0.4) is 0 Å². The van der Waals surface area contributed by atoms with Crippen LogP contribution in [-0.2, 0) is 0 Å². The molecule has 0 spiro atoms. The summed E-state index contributed by atoms with van der Waals surface area (Å²) >= 11 is 6.82. The Bertz CT molecular complexity index is 45.8. The molecule has 0 radical (unpaired) electrons. The van der Waals surface area contributed by atoms with E-state index in [4.69, 9.17) is 0 Å². The van der Waals surface area contributed by atoms with Gasteiger partial charge in [0, 0.05) is 10.7 Å². The Morgan fingerprint density at radius 2 is 2.00 bits per heavy atom. The first kappa shape index (κ1) is 8.96. The van der Waals surface area contributed by atoms with Crippen molar-refractivity contribution < 1.29 is 0 Å². The summed E-state index contributed by atoms with van der Waals surface area (Å²) in [4.78, 5) is 0. The molecule has 2 heteroatoms. The minimum absolute atomic E-state index is 0.840. The third-order valence-corrected chi connectivity index (χ3v) is 2.76. The van der Waals surface area contributed by atoms with Crippen LogP contribution in [0.1, 0.15) is 19.8 Å². The highest BCUT2D eigenvalue weighted by molar-refractivity contribution is 9.09. The van der Waals surface area contributed by atoms with Gasteiger partial charge in [0.05, 0.1) is 0 Å². The third-order valence-electron chi connectivity index (χ3n) is 1.09. The van der Waals surface area contributed by atoms with Crippen molar-refractivity contribution in [3.63, 3.8) is 0 Å². The van der Waals surface area contributed by atoms with Gasteiger partial charge in [0.1, 0.15) is 0 Å². The lowest BCUT2D eigenvalue weighted by atomic mass is 10.1. The molecule has 0 rings (SSSR count). The normalized spacial score (nSPS) is 13.9. The summed E-state index contributed by atoms with van der Waals surface area (Å²) in [6.45, 7) is 2.26. The maximum atomic E-state index is 3.43. The van der Waals surface area contributed by atoms with Crippen LogP contribution in [0, 0.1) is 5.92 Å². The smallest absolute Gasteiger partial charge is 0.00570 e. The molecule has 0 bridgehead atoms. The van der Waals surface area contributed by atoms with Crippen LogP contribution in [0.4, 0.5) is 0 Å². The number of hydrogen-bond acceptors (Lipinski definition) is 0. The molecule has 0 aliphatic rings. The van der Waals surface area contributed by atoms with Crippen molar-refractivity contribution in [2.24, 2.45) is 5.92 Å². The molecule has 0 N–H and O–H groups in total. The van der Waals surface area contributed by atoms with Gasteiger partial charge < -0.3 is 0 Å². The zero-order chi connectivity index (χ0) is 6.41. The van der Waals surface area contributed by atoms with E-state index in [0.717, 1.165) is 16.6 Å². The molecular formula is C6H12Br2. The van der Waals surface area contributed by atoms with Crippen molar-refractivity contribution >= 4 is 31.9 Å². The fourth-order valence-electron chi connectivity index (χ4n) is 0.503. The minimum atomic E-state index is 0.840. The van der Waals surface area contributed by atoms with Gasteiger partial charge in [-0.2, -0.15) is 0 Å². The lowest BCUT2D eigenvalue weighted by Gasteiger charge is -2.02. The Kier molecular flexibility index (Phi) is 6.82. The van der Waals surface area contributed by atoms with Gasteiger partial charge in [0.15, 0.2) is 0 Å². The van der Waals surface area contributed by atoms with Crippen molar-refractivity contribution in [1.29, 1.82) is 0 Å². The molecule has 1 atom stereocenters. The van der Waals surface area contributed by atoms with Crippen molar-refractivity contribution in [1.82, 2.24) is 0 Å². The number of hydrogen-bond donors (Lipinski definition) is 0. The van der Waals surface area contributed by atoms with Crippen molar-refractivity contribution in [3.8, 4) is 0 Å². The quantitative estimate of drug-likeness (QED) is 0.666. The lowest BCUT2D eigenvalue weighted by molar-refractivity contribution is 0.593. The third kappa shape index (κ3) is 5.10. The molecule has 0 heterocycles. The lowest BCUT2D eigenvalue weighted by Crippen LogP contribution is -1.94. The number of alkyl halides is 2. The Morgan fingerprint density at radius 1 is 1.38 bits per heavy atom. The molecule has 0 amide bonds. The Balaban J connectivity index is 2.86. The minimum Gasteiger partial charge on any atom is -0.0928 e. The van der Waals surface area contributed by atoms with E-state index in [1.165, 1.54) is 12.8 Å². The molecular weight excluding hydrogens is 232 g/mol. The molecule has 8 heavy (non-hydrogen) atoms. The average Bonchev–Trinajstić information content (AvgIpc) is 1.83. The van der Waals surface area contributed by atoms with Crippen molar-refractivity contribution in [2.45, 2.75) is 19.8 Å². The standard InChI is InChI=1S/C6H12Br2/c1-6(5-8)3-2-4-7/h6H,2-5H2,1H3/t6-/m0/s1. The summed E-state index contributed by atoms with van der Waals surface area (Å²) in [5.74, 6) is 0.840. The maximum Gasteiger partial charge on any atom is 0.00570 e. The van der Waals surface area contributed by atoms with Gasteiger partial charge in [0.25, 0.3) is 0 Å². The molecule has 50 valence electrons. The Morgan fingerprint density at radius 3 is 2.38 bits per heavy atom. The van der Waals surface area contributed by atoms with E-state index in [-0.39, 0.29) is 0 Å². The van der Waals surface area contributed by atoms with Gasteiger partial charge in [-0.1, -0.05) is 38.8 Å². The van der Waals surface area contributed by atoms with Crippen LogP contribution in [0.2, 0.25) is 0 Å². The fourth-order valence-corrected chi connectivity index (χ4v) is 1.15. The number of rotatable bonds is 4. The SMILES string of the molecule is C[C@H](CBr)CCCBr. The first-order valence-corrected chi connectivity index (χ1v) is 5.17. The van der Waals surface area contributed by atoms with Gasteiger partial charge in [-0.15, -0.1) is 0 Å². The summed E-state index contributed by atoms with van der Waals surface area (Å²) < 4.78 is 0. The Hall–Kier alpha value is 0.960. The summed E-state index contributed by atoms with van der Waals surface area (Å²) in [5, 5.41) is 2.28. The van der Waals surface area contributed by atoms with Crippen molar-refractivity contribution in [3.05, 3.63) is 0 Å². The molecule has 0 nitrogen and oxygen atoms in total. The van der Waals surface area contributed by atoms with E-state index in [0.29, 0.717) is 0 Å². The van der Waals surface area contributed by atoms with Gasteiger partial charge in [-0.05, 0) is 18.8 Å². The highest BCUT2D eigenvalue weighted by Gasteiger charge is 1.96. The second-order valence-electron chi connectivity index (χ2n) is 2.09. The molecule has 0 aromatic heterocycles. The van der Waals surface area contributed by atoms with Crippen LogP contribution in [-0.4, -0.2) is 10.7 Å². The molecule has 0 aromatic carbocycles. The van der Waals surface area contributed by atoms with Crippen LogP contribution in [0.5, 0.6) is 0 Å². The van der Waals surface area contributed by atoms with Crippen LogP contribution in [0.25, 0.3) is 0 Å². The Labute approximate surface area is 68.3 Å².